The number of rotatable bonds is 2. The van der Waals surface area contributed by atoms with Crippen LogP contribution in [0.1, 0.15) is 38.8 Å². The van der Waals surface area contributed by atoms with E-state index in [1.165, 1.54) is 0 Å². The summed E-state index contributed by atoms with van der Waals surface area (Å²) >= 11 is 1.73. The fraction of sp³-hybridized carbons (Fsp3) is 0.409. The molecule has 1 atom stereocenters. The fourth-order valence-corrected chi connectivity index (χ4v) is 10.7. The van der Waals surface area contributed by atoms with E-state index in [-0.39, 0.29) is 5.78 Å². The molecule has 2 aromatic carbocycles. The van der Waals surface area contributed by atoms with Gasteiger partial charge in [-0.2, -0.15) is 0 Å². The summed E-state index contributed by atoms with van der Waals surface area (Å²) in [7, 11) is -1.26. The summed E-state index contributed by atoms with van der Waals surface area (Å²) in [5.74, 6) is 0.927. The minimum Gasteiger partial charge on any atom is -0.298 e. The maximum Gasteiger partial charge on any atom is 0.148 e. The van der Waals surface area contributed by atoms with Crippen LogP contribution in [0.3, 0.4) is 0 Å². The minimum atomic E-state index is -1.26. The van der Waals surface area contributed by atoms with Gasteiger partial charge in [0.1, 0.15) is 14.6 Å². The number of Topliss-reactive ketones (excluding diaryl/α,β-unsaturated/α-hetero) is 1. The SMILES string of the molecule is CC1(C)C(=O)C(C)(C)C12SCC(c1ccccc1)(c1ccccc1)S2=O. The molecule has 2 nitrogen and oxygen atoms in total. The monoisotopic (exact) mass is 384 g/mol. The van der Waals surface area contributed by atoms with Gasteiger partial charge in [0, 0.05) is 5.75 Å². The standard InChI is InChI=1S/C22H24O2S2/c1-19(2)18(23)20(3,4)22(19)25-15-21(26(22)24,16-11-7-5-8-12-16)17-13-9-6-10-14-17/h5-14H,15H2,1-4H3. The van der Waals surface area contributed by atoms with Gasteiger partial charge in [0.2, 0.25) is 0 Å². The summed E-state index contributed by atoms with van der Waals surface area (Å²) in [5, 5.41) is 0. The summed E-state index contributed by atoms with van der Waals surface area (Å²) in [6.45, 7) is 7.88. The highest BCUT2D eigenvalue weighted by atomic mass is 32.2. The zero-order valence-electron chi connectivity index (χ0n) is 15.6. The molecule has 1 heterocycles. The smallest absolute Gasteiger partial charge is 0.148 e. The van der Waals surface area contributed by atoms with Crippen molar-refractivity contribution in [3.63, 3.8) is 0 Å². The average Bonchev–Trinajstić information content (AvgIpc) is 2.99. The predicted octanol–water partition coefficient (Wildman–Crippen LogP) is 4.76. The summed E-state index contributed by atoms with van der Waals surface area (Å²) < 4.78 is 13.2. The molecule has 1 spiro atoms. The number of hydrogen-bond donors (Lipinski definition) is 0. The lowest BCUT2D eigenvalue weighted by Gasteiger charge is -2.62. The zero-order valence-corrected chi connectivity index (χ0v) is 17.2. The molecule has 0 bridgehead atoms. The molecule has 1 saturated carbocycles. The largest absolute Gasteiger partial charge is 0.298 e. The van der Waals surface area contributed by atoms with Gasteiger partial charge in [0.25, 0.3) is 0 Å². The maximum absolute atomic E-state index is 14.3. The van der Waals surface area contributed by atoms with Crippen molar-refractivity contribution in [2.24, 2.45) is 10.8 Å². The van der Waals surface area contributed by atoms with Crippen LogP contribution in [0.5, 0.6) is 0 Å². The molecule has 4 rings (SSSR count). The Kier molecular flexibility index (Phi) is 3.85. The van der Waals surface area contributed by atoms with Crippen molar-refractivity contribution in [2.45, 2.75) is 36.5 Å². The molecule has 4 heteroatoms. The molecule has 0 amide bonds. The van der Waals surface area contributed by atoms with Crippen LogP contribution < -0.4 is 0 Å². The quantitative estimate of drug-likeness (QED) is 0.749. The number of thioether (sulfide) groups is 1. The van der Waals surface area contributed by atoms with E-state index in [1.54, 1.807) is 11.8 Å². The van der Waals surface area contributed by atoms with Gasteiger partial charge in [-0.05, 0) is 11.1 Å². The molecular formula is C22H24O2S2. The summed E-state index contributed by atoms with van der Waals surface area (Å²) in [6.07, 6.45) is 0. The van der Waals surface area contributed by atoms with Crippen LogP contribution in [0.2, 0.25) is 0 Å². The van der Waals surface area contributed by atoms with Crippen molar-refractivity contribution in [2.75, 3.05) is 5.75 Å². The second-order valence-electron chi connectivity index (χ2n) is 8.31. The third-order valence-corrected chi connectivity index (χ3v) is 12.1. The number of carbonyl (C=O) groups excluding carboxylic acids is 1. The van der Waals surface area contributed by atoms with E-state index in [4.69, 9.17) is 0 Å². The van der Waals surface area contributed by atoms with Crippen molar-refractivity contribution in [1.82, 2.24) is 0 Å². The van der Waals surface area contributed by atoms with Gasteiger partial charge >= 0.3 is 0 Å². The lowest BCUT2D eigenvalue weighted by molar-refractivity contribution is -0.152. The summed E-state index contributed by atoms with van der Waals surface area (Å²) in [6, 6.07) is 20.3. The first-order valence-corrected chi connectivity index (χ1v) is 11.1. The highest BCUT2D eigenvalue weighted by Crippen LogP contribution is 2.73. The van der Waals surface area contributed by atoms with Crippen LogP contribution in [0.25, 0.3) is 0 Å². The number of carbonyl (C=O) groups is 1. The van der Waals surface area contributed by atoms with E-state index in [2.05, 4.69) is 24.3 Å². The van der Waals surface area contributed by atoms with Crippen LogP contribution in [0.15, 0.2) is 60.7 Å². The molecule has 0 radical (unpaired) electrons. The van der Waals surface area contributed by atoms with E-state index in [0.29, 0.717) is 5.75 Å². The Morgan fingerprint density at radius 1 is 0.808 bits per heavy atom. The Labute approximate surface area is 162 Å². The van der Waals surface area contributed by atoms with Gasteiger partial charge in [-0.15, -0.1) is 11.8 Å². The highest BCUT2D eigenvalue weighted by molar-refractivity contribution is 8.16. The topological polar surface area (TPSA) is 34.1 Å². The average molecular weight is 385 g/mol. The molecule has 136 valence electrons. The molecular weight excluding hydrogens is 360 g/mol. The molecule has 2 aromatic rings. The lowest BCUT2D eigenvalue weighted by atomic mass is 9.53. The normalized spacial score (nSPS) is 27.2. The van der Waals surface area contributed by atoms with Crippen molar-refractivity contribution in [3.05, 3.63) is 71.8 Å². The lowest BCUT2D eigenvalue weighted by Crippen LogP contribution is -2.73. The Bertz CT molecular complexity index is 827. The van der Waals surface area contributed by atoms with Crippen molar-refractivity contribution in [1.29, 1.82) is 0 Å². The Balaban J connectivity index is 1.97. The fourth-order valence-electron chi connectivity index (χ4n) is 5.14. The van der Waals surface area contributed by atoms with Gasteiger partial charge in [0.15, 0.2) is 0 Å². The molecule has 0 aromatic heterocycles. The van der Waals surface area contributed by atoms with Crippen LogP contribution in [-0.2, 0) is 20.3 Å². The van der Waals surface area contributed by atoms with E-state index in [0.717, 1.165) is 11.1 Å². The zero-order chi connectivity index (χ0) is 18.8. The first kappa shape index (κ1) is 18.0. The Morgan fingerprint density at radius 2 is 1.23 bits per heavy atom. The van der Waals surface area contributed by atoms with Gasteiger partial charge in [-0.3, -0.25) is 9.00 Å². The minimum absolute atomic E-state index is 0.211. The second-order valence-corrected chi connectivity index (χ2v) is 11.6. The van der Waals surface area contributed by atoms with Crippen molar-refractivity contribution < 1.29 is 9.00 Å². The molecule has 1 saturated heterocycles. The molecule has 26 heavy (non-hydrogen) atoms. The molecule has 1 unspecified atom stereocenters. The van der Waals surface area contributed by atoms with E-state index < -0.39 is 30.5 Å². The third-order valence-electron chi connectivity index (χ3n) is 6.32. The number of benzene rings is 2. The predicted molar refractivity (Wildman–Crippen MR) is 110 cm³/mol. The van der Waals surface area contributed by atoms with Gasteiger partial charge in [-0.25, -0.2) is 0 Å². The summed E-state index contributed by atoms with van der Waals surface area (Å²) in [5.41, 5.74) is 0.939. The van der Waals surface area contributed by atoms with Crippen LogP contribution >= 0.6 is 11.8 Å². The highest BCUT2D eigenvalue weighted by Gasteiger charge is 2.80. The van der Waals surface area contributed by atoms with Gasteiger partial charge in [0.05, 0.1) is 21.6 Å². The third kappa shape index (κ3) is 1.85. The summed E-state index contributed by atoms with van der Waals surface area (Å²) in [4.78, 5) is 12.8. The van der Waals surface area contributed by atoms with Crippen molar-refractivity contribution >= 4 is 28.3 Å². The first-order chi connectivity index (χ1) is 12.2. The van der Waals surface area contributed by atoms with Crippen LogP contribution in [0, 0.1) is 10.8 Å². The van der Waals surface area contributed by atoms with E-state index in [1.807, 2.05) is 64.1 Å². The van der Waals surface area contributed by atoms with Gasteiger partial charge in [-0.1, -0.05) is 88.4 Å². The number of hydrogen-bond acceptors (Lipinski definition) is 3. The molecule has 0 N–H and O–H groups in total. The molecule has 2 aliphatic rings. The first-order valence-electron chi connectivity index (χ1n) is 8.95. The van der Waals surface area contributed by atoms with Crippen molar-refractivity contribution in [3.8, 4) is 0 Å². The molecule has 2 fully saturated rings. The maximum atomic E-state index is 14.3. The van der Waals surface area contributed by atoms with Gasteiger partial charge < -0.3 is 0 Å². The van der Waals surface area contributed by atoms with Crippen LogP contribution in [0.4, 0.5) is 0 Å². The molecule has 1 aliphatic heterocycles. The number of ketones is 1. The second kappa shape index (κ2) is 5.56. The van der Waals surface area contributed by atoms with Crippen LogP contribution in [-0.4, -0.2) is 19.8 Å². The Morgan fingerprint density at radius 3 is 1.65 bits per heavy atom. The van der Waals surface area contributed by atoms with E-state index >= 15 is 0 Å². The Hall–Kier alpha value is -1.39. The molecule has 1 aliphatic carbocycles. The van der Waals surface area contributed by atoms with E-state index in [9.17, 15) is 9.00 Å².